The lowest BCUT2D eigenvalue weighted by Gasteiger charge is -2.47. The molecule has 16 radical (unpaired) electrons. The molecule has 3 saturated heterocycles. The van der Waals surface area contributed by atoms with Crippen LogP contribution in [0.3, 0.4) is 0 Å². The van der Waals surface area contributed by atoms with Gasteiger partial charge in [0.25, 0.3) is 5.91 Å². The Morgan fingerprint density at radius 3 is 2.12 bits per heavy atom. The fraction of sp³-hybridized carbons (Fsp3) is 0.621. The topological polar surface area (TPSA) is 121 Å². The van der Waals surface area contributed by atoms with Crippen molar-refractivity contribution in [3.63, 3.8) is 0 Å². The molecule has 3 fully saturated rings. The lowest BCUT2D eigenvalue weighted by molar-refractivity contribution is 0.0830. The Bertz CT molecular complexity index is 1440. The van der Waals surface area contributed by atoms with Gasteiger partial charge in [0.05, 0.1) is 81.3 Å². The maximum absolute atomic E-state index is 12.6. The quantitative estimate of drug-likeness (QED) is 0.258. The van der Waals surface area contributed by atoms with Crippen LogP contribution in [0.1, 0.15) is 41.9 Å². The number of anilines is 4. The molecule has 48 heavy (non-hydrogen) atoms. The molecule has 0 atom stereocenters. The van der Waals surface area contributed by atoms with Crippen molar-refractivity contribution in [2.45, 2.75) is 53.3 Å². The molecule has 0 saturated carbocycles. The van der Waals surface area contributed by atoms with Crippen LogP contribution >= 0.6 is 0 Å². The number of piperazine rings is 1. The van der Waals surface area contributed by atoms with E-state index in [2.05, 4.69) is 30.4 Å². The molecule has 0 aliphatic carbocycles. The van der Waals surface area contributed by atoms with E-state index in [-0.39, 0.29) is 29.1 Å². The standard InChI is InChI=1S/C29H36B8N8O3/c1-47-21-16-18(2-3-20(21)44-8-4-19(5-9-44)43-10-12-45(13-11-43)29(35,36)37)40-25-22(24(38)46)41-23(27(30,31)28(32,33)34)26(42-25)39-17-6-14-48-15-7-17/h2-3,16-17,19H,4-15H2,1H3,(H2,38,46)(H2,39,40,42). The average Bonchev–Trinajstić information content (AvgIpc) is 3.04. The molecule has 3 aliphatic heterocycles. The Kier molecular flexibility index (Phi) is 11.2. The molecule has 0 spiro atoms. The van der Waals surface area contributed by atoms with Crippen molar-refractivity contribution in [3.8, 4) is 5.75 Å². The molecule has 1 aromatic carbocycles. The molecule has 19 heteroatoms. The summed E-state index contributed by atoms with van der Waals surface area (Å²) < 4.78 is 11.3. The highest BCUT2D eigenvalue weighted by Crippen LogP contribution is 2.39. The van der Waals surface area contributed by atoms with Crippen molar-refractivity contribution in [2.24, 2.45) is 5.73 Å². The van der Waals surface area contributed by atoms with Gasteiger partial charge in [-0.1, -0.05) is 10.5 Å². The van der Waals surface area contributed by atoms with Crippen LogP contribution in [0.5, 0.6) is 5.75 Å². The van der Waals surface area contributed by atoms with Crippen LogP contribution in [0, 0.1) is 0 Å². The van der Waals surface area contributed by atoms with Gasteiger partial charge < -0.3 is 35.6 Å². The summed E-state index contributed by atoms with van der Waals surface area (Å²) >= 11 is 0. The average molecular weight is 631 g/mol. The van der Waals surface area contributed by atoms with E-state index in [1.54, 1.807) is 7.11 Å². The van der Waals surface area contributed by atoms with Gasteiger partial charge >= 0.3 is 0 Å². The highest BCUT2D eigenvalue weighted by molar-refractivity contribution is 6.67. The van der Waals surface area contributed by atoms with Crippen LogP contribution < -0.4 is 26.0 Å². The molecule has 234 valence electrons. The summed E-state index contributed by atoms with van der Waals surface area (Å²) in [6, 6.07) is 6.07. The van der Waals surface area contributed by atoms with Gasteiger partial charge in [0, 0.05) is 76.3 Å². The van der Waals surface area contributed by atoms with E-state index in [9.17, 15) is 4.79 Å². The lowest BCUT2D eigenvalue weighted by Crippen LogP contribution is -2.60. The summed E-state index contributed by atoms with van der Waals surface area (Å²) in [6.45, 7) is 6.02. The fourth-order valence-electron chi connectivity index (χ4n) is 6.42. The molecule has 3 aliphatic rings. The van der Waals surface area contributed by atoms with E-state index in [1.807, 2.05) is 23.1 Å². The van der Waals surface area contributed by atoms with E-state index < -0.39 is 21.5 Å². The second-order valence-corrected chi connectivity index (χ2v) is 13.0. The number of piperidine rings is 1. The third kappa shape index (κ3) is 8.21. The SMILES string of the molecule is [B]C([B])([B])N1CCN(C2CCN(c3ccc(Nc4nc(NC5CCOCC5)c(C([B])([B])C([B])([B])[B])nc4C(N)=O)cc3OC)CC2)CC1. The number of benzene rings is 1. The Hall–Kier alpha value is -2.63. The minimum Gasteiger partial charge on any atom is -0.495 e. The maximum Gasteiger partial charge on any atom is 0.271 e. The predicted octanol–water partition coefficient (Wildman–Crippen LogP) is -1.31. The molecular weight excluding hydrogens is 595 g/mol. The summed E-state index contributed by atoms with van der Waals surface area (Å²) in [6.07, 6.45) is 3.36. The monoisotopic (exact) mass is 632 g/mol. The zero-order chi connectivity index (χ0) is 34.9. The van der Waals surface area contributed by atoms with E-state index in [0.717, 1.165) is 57.8 Å². The number of ether oxygens (including phenoxy) is 2. The highest BCUT2D eigenvalue weighted by atomic mass is 16.5. The third-order valence-corrected chi connectivity index (χ3v) is 9.43. The van der Waals surface area contributed by atoms with Gasteiger partial charge in [0.15, 0.2) is 11.5 Å². The van der Waals surface area contributed by atoms with Crippen molar-refractivity contribution >= 4 is 91.7 Å². The number of hydrogen-bond donors (Lipinski definition) is 3. The molecule has 0 bridgehead atoms. The zero-order valence-corrected chi connectivity index (χ0v) is 27.5. The van der Waals surface area contributed by atoms with Crippen LogP contribution in [-0.4, -0.2) is 165 Å². The Morgan fingerprint density at radius 1 is 0.917 bits per heavy atom. The maximum atomic E-state index is 12.6. The molecule has 4 N–H and O–H groups in total. The van der Waals surface area contributed by atoms with Crippen molar-refractivity contribution in [2.75, 3.05) is 75.1 Å². The van der Waals surface area contributed by atoms with Crippen LogP contribution in [0.4, 0.5) is 23.0 Å². The van der Waals surface area contributed by atoms with E-state index in [1.165, 1.54) is 0 Å². The van der Waals surface area contributed by atoms with Crippen molar-refractivity contribution in [1.82, 2.24) is 19.8 Å². The van der Waals surface area contributed by atoms with Crippen LogP contribution in [0.2, 0.25) is 5.11 Å². The van der Waals surface area contributed by atoms with E-state index in [0.29, 0.717) is 43.5 Å². The number of aromatic nitrogens is 2. The number of primary amides is 1. The number of rotatable bonds is 11. The predicted molar refractivity (Wildman–Crippen MR) is 196 cm³/mol. The Balaban J connectivity index is 1.35. The van der Waals surface area contributed by atoms with E-state index >= 15 is 0 Å². The number of nitrogens with one attached hydrogen (secondary N) is 2. The van der Waals surface area contributed by atoms with Gasteiger partial charge in [0.2, 0.25) is 0 Å². The summed E-state index contributed by atoms with van der Waals surface area (Å²) in [7, 11) is 49.7. The lowest BCUT2D eigenvalue weighted by atomic mass is 9.22. The Labute approximate surface area is 294 Å². The van der Waals surface area contributed by atoms with Gasteiger partial charge in [0.1, 0.15) is 11.6 Å². The van der Waals surface area contributed by atoms with Crippen LogP contribution in [0.15, 0.2) is 18.2 Å². The number of methoxy groups -OCH3 is 1. The third-order valence-electron chi connectivity index (χ3n) is 9.43. The second-order valence-electron chi connectivity index (χ2n) is 13.0. The van der Waals surface area contributed by atoms with Gasteiger partial charge in [-0.2, -0.15) is 0 Å². The number of hydrogen-bond acceptors (Lipinski definition) is 10. The number of nitrogens with zero attached hydrogens (tertiary/aromatic N) is 5. The number of amides is 1. The van der Waals surface area contributed by atoms with E-state index in [4.69, 9.17) is 78.0 Å². The summed E-state index contributed by atoms with van der Waals surface area (Å²) in [5, 5.41) is 0.979. The first-order valence-corrected chi connectivity index (χ1v) is 16.1. The first kappa shape index (κ1) is 36.6. The molecule has 4 heterocycles. The largest absolute Gasteiger partial charge is 0.495 e. The number of carbonyl (C=O) groups excluding carboxylic acids is 1. The van der Waals surface area contributed by atoms with Gasteiger partial charge in [-0.15, -0.1) is 5.11 Å². The van der Waals surface area contributed by atoms with Gasteiger partial charge in [-0.25, -0.2) is 9.97 Å². The summed E-state index contributed by atoms with van der Waals surface area (Å²) in [4.78, 5) is 28.4. The number of nitrogens with two attached hydrogens (primary N) is 1. The summed E-state index contributed by atoms with van der Waals surface area (Å²) in [5.74, 6) is -0.00532. The first-order chi connectivity index (χ1) is 22.6. The smallest absolute Gasteiger partial charge is 0.271 e. The zero-order valence-electron chi connectivity index (χ0n) is 27.5. The fourth-order valence-corrected chi connectivity index (χ4v) is 6.42. The molecule has 2 aromatic rings. The minimum absolute atomic E-state index is 0.0481. The molecular formula is C29H36B8N8O3. The van der Waals surface area contributed by atoms with Crippen molar-refractivity contribution in [1.29, 1.82) is 0 Å². The van der Waals surface area contributed by atoms with Crippen molar-refractivity contribution < 1.29 is 14.3 Å². The van der Waals surface area contributed by atoms with Gasteiger partial charge in [-0.3, -0.25) is 9.69 Å². The van der Waals surface area contributed by atoms with Crippen LogP contribution in [0.25, 0.3) is 0 Å². The normalized spacial score (nSPS) is 19.6. The molecule has 11 nitrogen and oxygen atoms in total. The highest BCUT2D eigenvalue weighted by Gasteiger charge is 2.38. The number of carbonyl (C=O) groups is 1. The Morgan fingerprint density at radius 2 is 1.56 bits per heavy atom. The second kappa shape index (κ2) is 14.7. The first-order valence-electron chi connectivity index (χ1n) is 16.1. The van der Waals surface area contributed by atoms with Gasteiger partial charge in [-0.05, 0) is 37.8 Å². The summed E-state index contributed by atoms with van der Waals surface area (Å²) in [5.41, 5.74) is 6.94. The molecule has 0 unspecified atom stereocenters. The molecule has 1 aromatic heterocycles. The van der Waals surface area contributed by atoms with Crippen molar-refractivity contribution in [3.05, 3.63) is 29.6 Å². The molecule has 5 rings (SSSR count). The van der Waals surface area contributed by atoms with Crippen LogP contribution in [-0.2, 0) is 9.95 Å². The minimum atomic E-state index is -2.11. The molecule has 1 amide bonds.